The van der Waals surface area contributed by atoms with Crippen LogP contribution in [-0.4, -0.2) is 15.2 Å². The minimum Gasteiger partial charge on any atom is -0.274 e. The van der Waals surface area contributed by atoms with Crippen molar-refractivity contribution in [2.24, 2.45) is 0 Å². The third kappa shape index (κ3) is 3.24. The highest BCUT2D eigenvalue weighted by atomic mass is 35.5. The van der Waals surface area contributed by atoms with E-state index in [0.717, 1.165) is 12.8 Å². The normalized spacial score (nSPS) is 10.2. The Morgan fingerprint density at radius 3 is 2.79 bits per heavy atom. The van der Waals surface area contributed by atoms with Crippen molar-refractivity contribution < 1.29 is 4.79 Å². The van der Waals surface area contributed by atoms with Crippen LogP contribution in [0.4, 0.5) is 0 Å². The summed E-state index contributed by atoms with van der Waals surface area (Å²) < 4.78 is 0. The lowest BCUT2D eigenvalue weighted by molar-refractivity contribution is 0.107. The van der Waals surface area contributed by atoms with E-state index in [1.54, 1.807) is 0 Å². The molecule has 1 rings (SSSR count). The highest BCUT2D eigenvalue weighted by Gasteiger charge is 2.08. The maximum Gasteiger partial charge on any atom is 0.271 e. The first-order valence-corrected chi connectivity index (χ1v) is 5.12. The fourth-order valence-corrected chi connectivity index (χ4v) is 1.31. The number of hydrogen-bond donors (Lipinski definition) is 0. The fraction of sp³-hybridized carbons (Fsp3) is 0.444. The van der Waals surface area contributed by atoms with Crippen LogP contribution in [0, 0.1) is 0 Å². The van der Waals surface area contributed by atoms with E-state index in [9.17, 15) is 4.79 Å². The van der Waals surface area contributed by atoms with Gasteiger partial charge in [0.25, 0.3) is 5.24 Å². The van der Waals surface area contributed by atoms with Crippen LogP contribution in [0.2, 0.25) is 5.15 Å². The number of carbonyl (C=O) groups excluding carboxylic acids is 1. The number of halogens is 2. The average Bonchev–Trinajstić information content (AvgIpc) is 2.14. The third-order valence-corrected chi connectivity index (χ3v) is 2.08. The molecular formula is C9H10Cl2N2O. The molecular weight excluding hydrogens is 223 g/mol. The molecule has 0 radical (unpaired) electrons. The summed E-state index contributed by atoms with van der Waals surface area (Å²) in [7, 11) is 0. The number of aromatic nitrogens is 2. The lowest BCUT2D eigenvalue weighted by atomic mass is 10.2. The SMILES string of the molecule is CCCCc1nc(Cl)cc(C(=O)Cl)n1. The number of hydrogen-bond acceptors (Lipinski definition) is 3. The molecule has 0 spiro atoms. The smallest absolute Gasteiger partial charge is 0.271 e. The van der Waals surface area contributed by atoms with Gasteiger partial charge in [-0.05, 0) is 18.0 Å². The maximum absolute atomic E-state index is 10.8. The Kier molecular flexibility index (Phi) is 4.29. The summed E-state index contributed by atoms with van der Waals surface area (Å²) >= 11 is 11.0. The van der Waals surface area contributed by atoms with Gasteiger partial charge in [-0.3, -0.25) is 4.79 Å². The van der Waals surface area contributed by atoms with Crippen molar-refractivity contribution in [1.29, 1.82) is 0 Å². The zero-order valence-electron chi connectivity index (χ0n) is 7.76. The molecule has 0 saturated heterocycles. The highest BCUT2D eigenvalue weighted by Crippen LogP contribution is 2.10. The van der Waals surface area contributed by atoms with Crippen LogP contribution in [0.3, 0.4) is 0 Å². The molecule has 76 valence electrons. The topological polar surface area (TPSA) is 42.9 Å². The maximum atomic E-state index is 10.8. The van der Waals surface area contributed by atoms with E-state index in [2.05, 4.69) is 16.9 Å². The Balaban J connectivity index is 2.89. The van der Waals surface area contributed by atoms with E-state index < -0.39 is 5.24 Å². The molecule has 0 atom stereocenters. The van der Waals surface area contributed by atoms with Crippen molar-refractivity contribution in [2.75, 3.05) is 0 Å². The van der Waals surface area contributed by atoms with Gasteiger partial charge in [0, 0.05) is 12.5 Å². The molecule has 3 nitrogen and oxygen atoms in total. The van der Waals surface area contributed by atoms with Gasteiger partial charge in [0.15, 0.2) is 0 Å². The van der Waals surface area contributed by atoms with Gasteiger partial charge in [-0.1, -0.05) is 24.9 Å². The molecule has 0 N–H and O–H groups in total. The Hall–Kier alpha value is -0.670. The summed E-state index contributed by atoms with van der Waals surface area (Å²) in [5.41, 5.74) is 0.165. The molecule has 0 amide bonds. The predicted molar refractivity (Wildman–Crippen MR) is 55.8 cm³/mol. The Bertz CT molecular complexity index is 342. The molecule has 1 heterocycles. The second-order valence-corrected chi connectivity index (χ2v) is 3.60. The standard InChI is InChI=1S/C9H10Cl2N2O/c1-2-3-4-8-12-6(9(11)14)5-7(10)13-8/h5H,2-4H2,1H3. The zero-order chi connectivity index (χ0) is 10.6. The number of carbonyl (C=O) groups is 1. The summed E-state index contributed by atoms with van der Waals surface area (Å²) in [6.07, 6.45) is 2.73. The van der Waals surface area contributed by atoms with Crippen LogP contribution in [-0.2, 0) is 6.42 Å². The van der Waals surface area contributed by atoms with E-state index in [1.165, 1.54) is 6.07 Å². The van der Waals surface area contributed by atoms with Crippen LogP contribution in [0.1, 0.15) is 36.1 Å². The van der Waals surface area contributed by atoms with Crippen LogP contribution in [0.5, 0.6) is 0 Å². The summed E-state index contributed by atoms with van der Waals surface area (Å²) in [5, 5.41) is -0.345. The highest BCUT2D eigenvalue weighted by molar-refractivity contribution is 6.67. The van der Waals surface area contributed by atoms with Crippen LogP contribution in [0.25, 0.3) is 0 Å². The molecule has 0 saturated carbocycles. The first kappa shape index (κ1) is 11.4. The Morgan fingerprint density at radius 1 is 1.50 bits per heavy atom. The second kappa shape index (κ2) is 5.27. The molecule has 0 aliphatic rings. The van der Waals surface area contributed by atoms with Crippen LogP contribution < -0.4 is 0 Å². The summed E-state index contributed by atoms with van der Waals surface area (Å²) in [4.78, 5) is 18.8. The average molecular weight is 233 g/mol. The fourth-order valence-electron chi connectivity index (χ4n) is 1.01. The van der Waals surface area contributed by atoms with Crippen molar-refractivity contribution in [1.82, 2.24) is 9.97 Å². The van der Waals surface area contributed by atoms with Gasteiger partial charge in [-0.25, -0.2) is 9.97 Å². The van der Waals surface area contributed by atoms with Crippen molar-refractivity contribution in [3.05, 3.63) is 22.7 Å². The van der Waals surface area contributed by atoms with Gasteiger partial charge in [0.2, 0.25) is 0 Å². The lowest BCUT2D eigenvalue weighted by Gasteiger charge is -2.00. The van der Waals surface area contributed by atoms with Gasteiger partial charge >= 0.3 is 0 Å². The van der Waals surface area contributed by atoms with Crippen LogP contribution in [0.15, 0.2) is 6.07 Å². The zero-order valence-corrected chi connectivity index (χ0v) is 9.27. The van der Waals surface area contributed by atoms with Crippen molar-refractivity contribution in [3.8, 4) is 0 Å². The summed E-state index contributed by atoms with van der Waals surface area (Å²) in [6, 6.07) is 1.37. The number of rotatable bonds is 4. The first-order valence-electron chi connectivity index (χ1n) is 4.36. The largest absolute Gasteiger partial charge is 0.274 e. The van der Waals surface area contributed by atoms with Gasteiger partial charge in [-0.15, -0.1) is 0 Å². The van der Waals surface area contributed by atoms with Crippen molar-refractivity contribution in [2.45, 2.75) is 26.2 Å². The molecule has 0 unspecified atom stereocenters. The quantitative estimate of drug-likeness (QED) is 0.593. The molecule has 1 aromatic heterocycles. The van der Waals surface area contributed by atoms with Gasteiger partial charge < -0.3 is 0 Å². The first-order chi connectivity index (χ1) is 6.63. The van der Waals surface area contributed by atoms with Crippen molar-refractivity contribution >= 4 is 28.4 Å². The number of nitrogens with zero attached hydrogens (tertiary/aromatic N) is 2. The molecule has 0 aromatic carbocycles. The van der Waals surface area contributed by atoms with Crippen LogP contribution >= 0.6 is 23.2 Å². The Morgan fingerprint density at radius 2 is 2.21 bits per heavy atom. The molecule has 5 heteroatoms. The van der Waals surface area contributed by atoms with Gasteiger partial charge in [0.05, 0.1) is 0 Å². The molecule has 14 heavy (non-hydrogen) atoms. The lowest BCUT2D eigenvalue weighted by Crippen LogP contribution is -2.02. The van der Waals surface area contributed by atoms with E-state index in [-0.39, 0.29) is 10.8 Å². The molecule has 0 fully saturated rings. The number of unbranched alkanes of at least 4 members (excludes halogenated alkanes) is 1. The Labute approximate surface area is 92.5 Å². The van der Waals surface area contributed by atoms with Crippen molar-refractivity contribution in [3.63, 3.8) is 0 Å². The second-order valence-electron chi connectivity index (χ2n) is 2.87. The molecule has 1 aromatic rings. The number of aryl methyl sites for hydroxylation is 1. The van der Waals surface area contributed by atoms with Gasteiger partial charge in [0.1, 0.15) is 16.7 Å². The molecule has 0 aliphatic carbocycles. The minimum absolute atomic E-state index is 0.165. The van der Waals surface area contributed by atoms with E-state index in [0.29, 0.717) is 12.2 Å². The third-order valence-electron chi connectivity index (χ3n) is 1.70. The molecule has 0 bridgehead atoms. The predicted octanol–water partition coefficient (Wildman–Crippen LogP) is 2.85. The molecule has 0 aliphatic heterocycles. The van der Waals surface area contributed by atoms with E-state index in [4.69, 9.17) is 23.2 Å². The summed E-state index contributed by atoms with van der Waals surface area (Å²) in [6.45, 7) is 2.07. The monoisotopic (exact) mass is 232 g/mol. The van der Waals surface area contributed by atoms with E-state index >= 15 is 0 Å². The minimum atomic E-state index is -0.605. The van der Waals surface area contributed by atoms with E-state index in [1.807, 2.05) is 0 Å². The summed E-state index contributed by atoms with van der Waals surface area (Å²) in [5.74, 6) is 0.573. The van der Waals surface area contributed by atoms with Gasteiger partial charge in [-0.2, -0.15) is 0 Å².